The highest BCUT2D eigenvalue weighted by atomic mass is 14.9. The molecule has 0 atom stereocenters. The Morgan fingerprint density at radius 1 is 1.21 bits per heavy atom. The molecule has 2 nitrogen and oxygen atoms in total. The molecule has 1 rings (SSSR count). The van der Waals surface area contributed by atoms with E-state index in [0.29, 0.717) is 5.92 Å². The van der Waals surface area contributed by atoms with Gasteiger partial charge in [-0.25, -0.2) is 9.97 Å². The molecule has 1 aromatic rings. The summed E-state index contributed by atoms with van der Waals surface area (Å²) in [5, 5.41) is 0. The van der Waals surface area contributed by atoms with Crippen LogP contribution in [0.25, 0.3) is 0 Å². The molecule has 0 amide bonds. The van der Waals surface area contributed by atoms with E-state index < -0.39 is 0 Å². The standard InChI is InChI=1S/C12H20N2/c1-8(2)10-7-13-11(12(4,5)6)14-9(10)3/h7-8H,1-6H3. The maximum Gasteiger partial charge on any atom is 0.133 e. The molecule has 0 spiro atoms. The Balaban J connectivity index is 3.13. The highest BCUT2D eigenvalue weighted by molar-refractivity contribution is 5.21. The van der Waals surface area contributed by atoms with Gasteiger partial charge in [0.1, 0.15) is 5.82 Å². The molecule has 0 unspecified atom stereocenters. The lowest BCUT2D eigenvalue weighted by Crippen LogP contribution is -2.17. The fourth-order valence-corrected chi connectivity index (χ4v) is 1.40. The zero-order chi connectivity index (χ0) is 10.9. The molecule has 0 saturated heterocycles. The lowest BCUT2D eigenvalue weighted by atomic mass is 9.95. The minimum absolute atomic E-state index is 0.0419. The summed E-state index contributed by atoms with van der Waals surface area (Å²) in [6.07, 6.45) is 1.97. The van der Waals surface area contributed by atoms with Crippen molar-refractivity contribution in [3.8, 4) is 0 Å². The summed E-state index contributed by atoms with van der Waals surface area (Å²) in [4.78, 5) is 8.98. The van der Waals surface area contributed by atoms with Gasteiger partial charge in [0, 0.05) is 17.3 Å². The Morgan fingerprint density at radius 3 is 2.14 bits per heavy atom. The topological polar surface area (TPSA) is 25.8 Å². The number of rotatable bonds is 1. The van der Waals surface area contributed by atoms with Gasteiger partial charge in [-0.1, -0.05) is 34.6 Å². The molecule has 0 aliphatic heterocycles. The highest BCUT2D eigenvalue weighted by Crippen LogP contribution is 2.21. The van der Waals surface area contributed by atoms with Crippen molar-refractivity contribution in [1.82, 2.24) is 9.97 Å². The molecule has 0 bridgehead atoms. The second-order valence-corrected chi connectivity index (χ2v) is 5.14. The normalized spacial score (nSPS) is 12.2. The Kier molecular flexibility index (Phi) is 2.93. The molecule has 0 aliphatic carbocycles. The molecule has 78 valence electrons. The molecular formula is C12H20N2. The van der Waals surface area contributed by atoms with E-state index in [0.717, 1.165) is 11.5 Å². The summed E-state index contributed by atoms with van der Waals surface area (Å²) in [5.74, 6) is 1.43. The summed E-state index contributed by atoms with van der Waals surface area (Å²) >= 11 is 0. The van der Waals surface area contributed by atoms with E-state index >= 15 is 0 Å². The van der Waals surface area contributed by atoms with Crippen LogP contribution in [0.15, 0.2) is 6.20 Å². The molecule has 1 heterocycles. The second-order valence-electron chi connectivity index (χ2n) is 5.14. The number of aryl methyl sites for hydroxylation is 1. The molecule has 0 radical (unpaired) electrons. The highest BCUT2D eigenvalue weighted by Gasteiger charge is 2.18. The van der Waals surface area contributed by atoms with Gasteiger partial charge in [0.25, 0.3) is 0 Å². The molecule has 1 aromatic heterocycles. The van der Waals surface area contributed by atoms with Crippen molar-refractivity contribution in [2.24, 2.45) is 0 Å². The SMILES string of the molecule is Cc1nc(C(C)(C)C)ncc1C(C)C. The Morgan fingerprint density at radius 2 is 1.79 bits per heavy atom. The molecule has 0 aromatic carbocycles. The Bertz CT molecular complexity index is 322. The molecule has 0 fully saturated rings. The monoisotopic (exact) mass is 192 g/mol. The van der Waals surface area contributed by atoms with Crippen LogP contribution in [0.3, 0.4) is 0 Å². The predicted molar refractivity (Wildman–Crippen MR) is 59.6 cm³/mol. The molecule has 2 heteroatoms. The predicted octanol–water partition coefficient (Wildman–Crippen LogP) is 3.21. The second kappa shape index (κ2) is 3.68. The maximum atomic E-state index is 4.55. The average molecular weight is 192 g/mol. The van der Waals surface area contributed by atoms with Gasteiger partial charge in [-0.15, -0.1) is 0 Å². The lowest BCUT2D eigenvalue weighted by molar-refractivity contribution is 0.540. The first-order chi connectivity index (χ1) is 6.32. The molecule has 0 aliphatic rings. The van der Waals surface area contributed by atoms with Crippen LogP contribution in [0, 0.1) is 6.92 Å². The minimum atomic E-state index is 0.0419. The number of hydrogen-bond donors (Lipinski definition) is 0. The van der Waals surface area contributed by atoms with Gasteiger partial charge in [-0.2, -0.15) is 0 Å². The van der Waals surface area contributed by atoms with Crippen molar-refractivity contribution < 1.29 is 0 Å². The van der Waals surface area contributed by atoms with Gasteiger partial charge < -0.3 is 0 Å². The van der Waals surface area contributed by atoms with Crippen molar-refractivity contribution in [2.45, 2.75) is 52.9 Å². The number of hydrogen-bond acceptors (Lipinski definition) is 2. The maximum absolute atomic E-state index is 4.55. The van der Waals surface area contributed by atoms with E-state index in [1.807, 2.05) is 6.20 Å². The minimum Gasteiger partial charge on any atom is -0.240 e. The van der Waals surface area contributed by atoms with Crippen molar-refractivity contribution in [2.75, 3.05) is 0 Å². The first kappa shape index (κ1) is 11.2. The van der Waals surface area contributed by atoms with Crippen LogP contribution in [0.2, 0.25) is 0 Å². The largest absolute Gasteiger partial charge is 0.240 e. The summed E-state index contributed by atoms with van der Waals surface area (Å²) in [7, 11) is 0. The zero-order valence-corrected chi connectivity index (χ0v) is 10.0. The Hall–Kier alpha value is -0.920. The van der Waals surface area contributed by atoms with Crippen molar-refractivity contribution in [3.05, 3.63) is 23.3 Å². The number of aromatic nitrogens is 2. The zero-order valence-electron chi connectivity index (χ0n) is 10.0. The van der Waals surface area contributed by atoms with Gasteiger partial charge in [0.15, 0.2) is 0 Å². The van der Waals surface area contributed by atoms with Crippen LogP contribution >= 0.6 is 0 Å². The van der Waals surface area contributed by atoms with E-state index in [1.165, 1.54) is 5.56 Å². The third kappa shape index (κ3) is 2.31. The van der Waals surface area contributed by atoms with Crippen LogP contribution in [0.1, 0.15) is 57.6 Å². The van der Waals surface area contributed by atoms with Crippen LogP contribution in [-0.4, -0.2) is 9.97 Å². The average Bonchev–Trinajstić information content (AvgIpc) is 2.01. The third-order valence-electron chi connectivity index (χ3n) is 2.31. The van der Waals surface area contributed by atoms with Crippen LogP contribution < -0.4 is 0 Å². The van der Waals surface area contributed by atoms with Gasteiger partial charge in [0.05, 0.1) is 0 Å². The van der Waals surface area contributed by atoms with E-state index in [-0.39, 0.29) is 5.41 Å². The summed E-state index contributed by atoms with van der Waals surface area (Å²) in [6.45, 7) is 12.8. The molecule has 14 heavy (non-hydrogen) atoms. The van der Waals surface area contributed by atoms with E-state index in [4.69, 9.17) is 0 Å². The fourth-order valence-electron chi connectivity index (χ4n) is 1.40. The van der Waals surface area contributed by atoms with Crippen LogP contribution in [0.4, 0.5) is 0 Å². The third-order valence-corrected chi connectivity index (χ3v) is 2.31. The lowest BCUT2D eigenvalue weighted by Gasteiger charge is -2.18. The Labute approximate surface area is 86.8 Å². The molecular weight excluding hydrogens is 172 g/mol. The van der Waals surface area contributed by atoms with Crippen molar-refractivity contribution >= 4 is 0 Å². The first-order valence-electron chi connectivity index (χ1n) is 5.16. The fraction of sp³-hybridized carbons (Fsp3) is 0.667. The van der Waals surface area contributed by atoms with Crippen LogP contribution in [0.5, 0.6) is 0 Å². The molecule has 0 N–H and O–H groups in total. The van der Waals surface area contributed by atoms with Crippen molar-refractivity contribution in [3.63, 3.8) is 0 Å². The van der Waals surface area contributed by atoms with Gasteiger partial charge >= 0.3 is 0 Å². The van der Waals surface area contributed by atoms with Crippen molar-refractivity contribution in [1.29, 1.82) is 0 Å². The van der Waals surface area contributed by atoms with E-state index in [9.17, 15) is 0 Å². The van der Waals surface area contributed by atoms with E-state index in [2.05, 4.69) is 51.5 Å². The summed E-state index contributed by atoms with van der Waals surface area (Å²) in [6, 6.07) is 0. The van der Waals surface area contributed by atoms with Crippen LogP contribution in [-0.2, 0) is 5.41 Å². The van der Waals surface area contributed by atoms with E-state index in [1.54, 1.807) is 0 Å². The number of nitrogens with zero attached hydrogens (tertiary/aromatic N) is 2. The molecule has 0 saturated carbocycles. The smallest absolute Gasteiger partial charge is 0.133 e. The van der Waals surface area contributed by atoms with Gasteiger partial charge in [-0.05, 0) is 18.4 Å². The van der Waals surface area contributed by atoms with Gasteiger partial charge in [0.2, 0.25) is 0 Å². The van der Waals surface area contributed by atoms with Gasteiger partial charge in [-0.3, -0.25) is 0 Å². The first-order valence-corrected chi connectivity index (χ1v) is 5.16. The summed E-state index contributed by atoms with van der Waals surface area (Å²) < 4.78 is 0. The quantitative estimate of drug-likeness (QED) is 0.683. The summed E-state index contributed by atoms with van der Waals surface area (Å²) in [5.41, 5.74) is 2.40.